The van der Waals surface area contributed by atoms with E-state index in [2.05, 4.69) is 33.9 Å². The van der Waals surface area contributed by atoms with Crippen LogP contribution in [0.2, 0.25) is 18.1 Å². The maximum absolute atomic E-state index is 11.6. The SMILES string of the molecule is CC(C)(C)[Si](C)(C)OCCc1cc([N+](=O)[O-])ccc1S(N)(=O)=O. The molecule has 0 fully saturated rings. The van der Waals surface area contributed by atoms with E-state index in [-0.39, 0.29) is 22.0 Å². The highest BCUT2D eigenvalue weighted by atomic mass is 32.2. The Kier molecular flexibility index (Phi) is 5.73. The molecule has 1 aromatic carbocycles. The summed E-state index contributed by atoms with van der Waals surface area (Å²) in [7, 11) is -5.91. The summed E-state index contributed by atoms with van der Waals surface area (Å²) in [6, 6.07) is 3.56. The van der Waals surface area contributed by atoms with E-state index >= 15 is 0 Å². The summed E-state index contributed by atoms with van der Waals surface area (Å²) in [5, 5.41) is 16.1. The summed E-state index contributed by atoms with van der Waals surface area (Å²) in [5.74, 6) is 0. The van der Waals surface area contributed by atoms with Crippen molar-refractivity contribution in [3.63, 3.8) is 0 Å². The van der Waals surface area contributed by atoms with E-state index in [0.717, 1.165) is 6.07 Å². The smallest absolute Gasteiger partial charge is 0.269 e. The average Bonchev–Trinajstić information content (AvgIpc) is 2.35. The molecule has 0 aliphatic carbocycles. The number of hydrogen-bond acceptors (Lipinski definition) is 5. The van der Waals surface area contributed by atoms with E-state index in [9.17, 15) is 18.5 Å². The van der Waals surface area contributed by atoms with Crippen molar-refractivity contribution in [2.75, 3.05) is 6.61 Å². The number of sulfonamides is 1. The summed E-state index contributed by atoms with van der Waals surface area (Å²) in [6.45, 7) is 10.8. The summed E-state index contributed by atoms with van der Waals surface area (Å²) in [5.41, 5.74) is 0.139. The van der Waals surface area contributed by atoms with Crippen LogP contribution in [-0.4, -0.2) is 28.3 Å². The lowest BCUT2D eigenvalue weighted by Gasteiger charge is -2.36. The minimum atomic E-state index is -3.94. The van der Waals surface area contributed by atoms with Gasteiger partial charge in [-0.15, -0.1) is 0 Å². The maximum atomic E-state index is 11.6. The highest BCUT2D eigenvalue weighted by molar-refractivity contribution is 7.89. The number of nitro benzene ring substituents is 1. The lowest BCUT2D eigenvalue weighted by Crippen LogP contribution is -2.41. The van der Waals surface area contributed by atoms with Crippen LogP contribution < -0.4 is 5.14 Å². The minimum absolute atomic E-state index is 0.0262. The van der Waals surface area contributed by atoms with Crippen molar-refractivity contribution < 1.29 is 17.8 Å². The number of benzene rings is 1. The van der Waals surface area contributed by atoms with Gasteiger partial charge in [-0.3, -0.25) is 10.1 Å². The molecule has 0 saturated carbocycles. The molecule has 2 N–H and O–H groups in total. The molecule has 0 aliphatic heterocycles. The molecule has 9 heteroatoms. The molecule has 0 unspecified atom stereocenters. The van der Waals surface area contributed by atoms with Gasteiger partial charge in [-0.05, 0) is 36.2 Å². The monoisotopic (exact) mass is 360 g/mol. The van der Waals surface area contributed by atoms with Gasteiger partial charge >= 0.3 is 0 Å². The zero-order valence-corrected chi connectivity index (χ0v) is 15.9. The van der Waals surface area contributed by atoms with E-state index < -0.39 is 23.3 Å². The predicted octanol–water partition coefficient (Wildman–Crippen LogP) is 2.81. The highest BCUT2D eigenvalue weighted by Gasteiger charge is 2.37. The van der Waals surface area contributed by atoms with Gasteiger partial charge in [-0.25, -0.2) is 13.6 Å². The van der Waals surface area contributed by atoms with Crippen LogP contribution in [0.15, 0.2) is 23.1 Å². The van der Waals surface area contributed by atoms with Crippen LogP contribution in [0.25, 0.3) is 0 Å². The number of primary sulfonamides is 1. The van der Waals surface area contributed by atoms with E-state index in [1.54, 1.807) is 0 Å². The van der Waals surface area contributed by atoms with E-state index in [1.807, 2.05) is 0 Å². The van der Waals surface area contributed by atoms with Gasteiger partial charge in [0.05, 0.1) is 9.82 Å². The zero-order valence-electron chi connectivity index (χ0n) is 14.1. The third-order valence-corrected chi connectivity index (χ3v) is 9.75. The number of nitrogens with two attached hydrogens (primary N) is 1. The molecular weight excluding hydrogens is 336 g/mol. The van der Waals surface area contributed by atoms with Crippen molar-refractivity contribution in [2.24, 2.45) is 5.14 Å². The van der Waals surface area contributed by atoms with Gasteiger partial charge in [0.15, 0.2) is 8.32 Å². The standard InChI is InChI=1S/C14H24N2O5SSi/c1-14(2,3)23(4,5)21-9-8-11-10-12(16(17)18)6-7-13(11)22(15,19)20/h6-7,10H,8-9H2,1-5H3,(H2,15,19,20). The lowest BCUT2D eigenvalue weighted by atomic mass is 10.1. The van der Waals surface area contributed by atoms with Gasteiger partial charge in [-0.2, -0.15) is 0 Å². The first-order chi connectivity index (χ1) is 10.3. The van der Waals surface area contributed by atoms with Gasteiger partial charge in [0.1, 0.15) is 0 Å². The molecule has 7 nitrogen and oxygen atoms in total. The van der Waals surface area contributed by atoms with Crippen LogP contribution in [0.5, 0.6) is 0 Å². The number of hydrogen-bond donors (Lipinski definition) is 1. The van der Waals surface area contributed by atoms with E-state index in [1.165, 1.54) is 12.1 Å². The average molecular weight is 361 g/mol. The van der Waals surface area contributed by atoms with Gasteiger partial charge < -0.3 is 4.43 Å². The fourth-order valence-electron chi connectivity index (χ4n) is 1.79. The van der Waals surface area contributed by atoms with Crippen LogP contribution in [0, 0.1) is 10.1 Å². The Hall–Kier alpha value is -1.29. The number of nitro groups is 1. The largest absolute Gasteiger partial charge is 0.416 e. The zero-order chi connectivity index (χ0) is 18.1. The van der Waals surface area contributed by atoms with Crippen LogP contribution in [-0.2, 0) is 20.9 Å². The van der Waals surface area contributed by atoms with Crippen molar-refractivity contribution in [3.8, 4) is 0 Å². The third kappa shape index (κ3) is 5.10. The Morgan fingerprint density at radius 1 is 1.30 bits per heavy atom. The molecule has 1 rings (SSSR count). The van der Waals surface area contributed by atoms with Crippen molar-refractivity contribution in [2.45, 2.75) is 50.2 Å². The molecule has 23 heavy (non-hydrogen) atoms. The van der Waals surface area contributed by atoms with Crippen LogP contribution >= 0.6 is 0 Å². The first-order valence-corrected chi connectivity index (χ1v) is 11.7. The molecule has 0 heterocycles. The molecular formula is C14H24N2O5SSi. The summed E-state index contributed by atoms with van der Waals surface area (Å²) in [6.07, 6.45) is 0.250. The van der Waals surface area contributed by atoms with Crippen molar-refractivity contribution in [1.29, 1.82) is 0 Å². The topological polar surface area (TPSA) is 113 Å². The van der Waals surface area contributed by atoms with Gasteiger partial charge in [-0.1, -0.05) is 20.8 Å². The third-order valence-electron chi connectivity index (χ3n) is 4.20. The van der Waals surface area contributed by atoms with Crippen molar-refractivity contribution in [3.05, 3.63) is 33.9 Å². The quantitative estimate of drug-likeness (QED) is 0.476. The molecule has 1 aromatic rings. The number of non-ortho nitro benzene ring substituents is 1. The number of rotatable bonds is 6. The van der Waals surface area contributed by atoms with Crippen molar-refractivity contribution >= 4 is 24.0 Å². The van der Waals surface area contributed by atoms with Crippen LogP contribution in [0.1, 0.15) is 26.3 Å². The van der Waals surface area contributed by atoms with Gasteiger partial charge in [0.2, 0.25) is 10.0 Å². The van der Waals surface area contributed by atoms with E-state index in [4.69, 9.17) is 9.56 Å². The molecule has 0 radical (unpaired) electrons. The molecule has 130 valence electrons. The molecule has 0 spiro atoms. The molecule has 0 bridgehead atoms. The Labute approximate surface area is 138 Å². The Bertz CT molecular complexity index is 696. The molecule has 0 amide bonds. The fraction of sp³-hybridized carbons (Fsp3) is 0.571. The van der Waals surface area contributed by atoms with Crippen LogP contribution in [0.3, 0.4) is 0 Å². The second kappa shape index (κ2) is 6.68. The molecule has 0 saturated heterocycles. The Morgan fingerprint density at radius 2 is 1.87 bits per heavy atom. The lowest BCUT2D eigenvalue weighted by molar-refractivity contribution is -0.385. The normalized spacial score (nSPS) is 13.1. The van der Waals surface area contributed by atoms with Crippen molar-refractivity contribution in [1.82, 2.24) is 0 Å². The second-order valence-corrected chi connectivity index (χ2v) is 13.3. The first kappa shape index (κ1) is 19.8. The first-order valence-electron chi connectivity index (χ1n) is 7.20. The summed E-state index contributed by atoms with van der Waals surface area (Å²) < 4.78 is 29.3. The summed E-state index contributed by atoms with van der Waals surface area (Å²) in [4.78, 5) is 10.2. The predicted molar refractivity (Wildman–Crippen MR) is 91.3 cm³/mol. The second-order valence-electron chi connectivity index (χ2n) is 6.95. The number of nitrogens with zero attached hydrogens (tertiary/aromatic N) is 1. The molecule has 0 aliphatic rings. The van der Waals surface area contributed by atoms with E-state index in [0.29, 0.717) is 12.2 Å². The maximum Gasteiger partial charge on any atom is 0.269 e. The molecule has 0 atom stereocenters. The molecule has 0 aromatic heterocycles. The van der Waals surface area contributed by atoms with Gasteiger partial charge in [0, 0.05) is 18.7 Å². The van der Waals surface area contributed by atoms with Crippen LogP contribution in [0.4, 0.5) is 5.69 Å². The Morgan fingerprint density at radius 3 is 2.30 bits per heavy atom. The van der Waals surface area contributed by atoms with Gasteiger partial charge in [0.25, 0.3) is 5.69 Å². The minimum Gasteiger partial charge on any atom is -0.416 e. The fourth-order valence-corrected chi connectivity index (χ4v) is 3.61. The highest BCUT2D eigenvalue weighted by Crippen LogP contribution is 2.36. The summed E-state index contributed by atoms with van der Waals surface area (Å²) >= 11 is 0. The Balaban J connectivity index is 3.03.